The SMILES string of the molecule is Cc1sc(C2CCN(C(=O)C(=Cc3cccs3)c3cccs3)CC2)nc1-c1ccc(Br)cc1. The number of thiophene rings is 2. The van der Waals surface area contributed by atoms with E-state index in [9.17, 15) is 4.79 Å². The maximum absolute atomic E-state index is 13.5. The van der Waals surface area contributed by atoms with Crippen molar-refractivity contribution < 1.29 is 4.79 Å². The second-order valence-electron chi connectivity index (χ2n) is 8.08. The lowest BCUT2D eigenvalue weighted by Crippen LogP contribution is -2.38. The third-order valence-electron chi connectivity index (χ3n) is 5.91. The fraction of sp³-hybridized carbons (Fsp3) is 0.231. The number of rotatable bonds is 5. The lowest BCUT2D eigenvalue weighted by Gasteiger charge is -2.31. The Balaban J connectivity index is 1.30. The van der Waals surface area contributed by atoms with Crippen LogP contribution in [0.2, 0.25) is 0 Å². The Hall–Kier alpha value is -2.06. The van der Waals surface area contributed by atoms with Crippen molar-refractivity contribution in [2.24, 2.45) is 0 Å². The van der Waals surface area contributed by atoms with Gasteiger partial charge in [0.1, 0.15) is 0 Å². The zero-order valence-electron chi connectivity index (χ0n) is 18.2. The van der Waals surface area contributed by atoms with Crippen molar-refractivity contribution in [1.82, 2.24) is 9.88 Å². The molecule has 1 amide bonds. The van der Waals surface area contributed by atoms with Gasteiger partial charge >= 0.3 is 0 Å². The standard InChI is InChI=1S/C26H23BrN2OS3/c1-17-24(18-6-8-20(27)9-7-18)28-25(33-17)19-10-12-29(13-11-19)26(30)22(23-5-3-15-32-23)16-21-4-2-14-31-21/h2-9,14-16,19H,10-13H2,1H3. The Morgan fingerprint density at radius 3 is 2.45 bits per heavy atom. The van der Waals surface area contributed by atoms with Crippen LogP contribution in [-0.2, 0) is 4.79 Å². The monoisotopic (exact) mass is 554 g/mol. The Labute approximate surface area is 214 Å². The van der Waals surface area contributed by atoms with Crippen LogP contribution in [0.25, 0.3) is 22.9 Å². The number of amides is 1. The summed E-state index contributed by atoms with van der Waals surface area (Å²) >= 11 is 8.59. The molecule has 33 heavy (non-hydrogen) atoms. The highest BCUT2D eigenvalue weighted by molar-refractivity contribution is 9.10. The topological polar surface area (TPSA) is 33.2 Å². The van der Waals surface area contributed by atoms with E-state index in [1.54, 1.807) is 34.0 Å². The molecule has 5 rings (SSSR count). The predicted molar refractivity (Wildman–Crippen MR) is 145 cm³/mol. The summed E-state index contributed by atoms with van der Waals surface area (Å²) in [5.41, 5.74) is 3.04. The van der Waals surface area contributed by atoms with Gasteiger partial charge < -0.3 is 4.90 Å². The third-order valence-corrected chi connectivity index (χ3v) is 9.29. The lowest BCUT2D eigenvalue weighted by atomic mass is 9.96. The van der Waals surface area contributed by atoms with Crippen LogP contribution < -0.4 is 0 Å². The first kappa shape index (κ1) is 22.7. The van der Waals surface area contributed by atoms with Gasteiger partial charge in [-0.15, -0.1) is 34.0 Å². The van der Waals surface area contributed by atoms with Crippen LogP contribution in [-0.4, -0.2) is 28.9 Å². The number of aryl methyl sites for hydroxylation is 1. The van der Waals surface area contributed by atoms with Gasteiger partial charge in [0.05, 0.1) is 16.3 Å². The lowest BCUT2D eigenvalue weighted by molar-refractivity contribution is -0.125. The molecule has 0 bridgehead atoms. The number of carbonyl (C=O) groups is 1. The van der Waals surface area contributed by atoms with Crippen LogP contribution in [0.15, 0.2) is 63.8 Å². The van der Waals surface area contributed by atoms with E-state index in [4.69, 9.17) is 4.98 Å². The van der Waals surface area contributed by atoms with Crippen LogP contribution >= 0.6 is 49.9 Å². The molecule has 3 aromatic heterocycles. The normalized spacial score (nSPS) is 15.2. The van der Waals surface area contributed by atoms with E-state index in [-0.39, 0.29) is 5.91 Å². The van der Waals surface area contributed by atoms with E-state index < -0.39 is 0 Å². The number of benzene rings is 1. The van der Waals surface area contributed by atoms with Gasteiger partial charge in [0.25, 0.3) is 5.91 Å². The predicted octanol–water partition coefficient (Wildman–Crippen LogP) is 7.95. The Morgan fingerprint density at radius 1 is 1.06 bits per heavy atom. The molecule has 7 heteroatoms. The van der Waals surface area contributed by atoms with E-state index in [0.717, 1.165) is 57.0 Å². The van der Waals surface area contributed by atoms with Gasteiger partial charge in [-0.25, -0.2) is 4.98 Å². The summed E-state index contributed by atoms with van der Waals surface area (Å²) < 4.78 is 1.08. The molecule has 1 aliphatic heterocycles. The molecular weight excluding hydrogens is 532 g/mol. The maximum Gasteiger partial charge on any atom is 0.255 e. The van der Waals surface area contributed by atoms with Gasteiger partial charge in [-0.05, 0) is 60.9 Å². The van der Waals surface area contributed by atoms with Gasteiger partial charge in [0, 0.05) is 43.7 Å². The second-order valence-corrected chi connectivity index (χ2v) is 12.2. The fourth-order valence-corrected chi connectivity index (χ4v) is 6.92. The highest BCUT2D eigenvalue weighted by Crippen LogP contribution is 2.37. The van der Waals surface area contributed by atoms with Gasteiger partial charge in [0.2, 0.25) is 0 Å². The number of aromatic nitrogens is 1. The summed E-state index contributed by atoms with van der Waals surface area (Å²) in [6.45, 7) is 3.69. The van der Waals surface area contributed by atoms with E-state index in [1.165, 1.54) is 9.88 Å². The summed E-state index contributed by atoms with van der Waals surface area (Å²) in [7, 11) is 0. The van der Waals surface area contributed by atoms with Crippen LogP contribution in [0.3, 0.4) is 0 Å². The molecule has 4 heterocycles. The molecule has 1 fully saturated rings. The number of piperidine rings is 1. The summed E-state index contributed by atoms with van der Waals surface area (Å²) in [5.74, 6) is 0.545. The maximum atomic E-state index is 13.5. The number of likely N-dealkylation sites (tertiary alicyclic amines) is 1. The van der Waals surface area contributed by atoms with Gasteiger partial charge in [-0.2, -0.15) is 0 Å². The Bertz CT molecular complexity index is 1250. The van der Waals surface area contributed by atoms with Gasteiger partial charge in [-0.3, -0.25) is 4.79 Å². The summed E-state index contributed by atoms with van der Waals surface area (Å²) in [4.78, 5) is 23.9. The van der Waals surface area contributed by atoms with Crippen LogP contribution in [0.1, 0.15) is 38.4 Å². The average molecular weight is 556 g/mol. The van der Waals surface area contributed by atoms with Crippen LogP contribution in [0.5, 0.6) is 0 Å². The second kappa shape index (κ2) is 10.1. The van der Waals surface area contributed by atoms with E-state index in [2.05, 4.69) is 53.2 Å². The number of halogens is 1. The minimum Gasteiger partial charge on any atom is -0.339 e. The first-order valence-electron chi connectivity index (χ1n) is 10.9. The van der Waals surface area contributed by atoms with Crippen molar-refractivity contribution in [2.75, 3.05) is 13.1 Å². The smallest absolute Gasteiger partial charge is 0.255 e. The molecule has 1 aliphatic rings. The van der Waals surface area contributed by atoms with E-state index in [0.29, 0.717) is 5.92 Å². The molecule has 0 aliphatic carbocycles. The van der Waals surface area contributed by atoms with E-state index >= 15 is 0 Å². The molecule has 4 aromatic rings. The number of hydrogen-bond acceptors (Lipinski definition) is 5. The van der Waals surface area contributed by atoms with Crippen molar-refractivity contribution in [2.45, 2.75) is 25.7 Å². The molecule has 168 valence electrons. The number of hydrogen-bond donors (Lipinski definition) is 0. The molecule has 0 spiro atoms. The molecule has 0 atom stereocenters. The zero-order chi connectivity index (χ0) is 22.8. The number of thiazole rings is 1. The highest BCUT2D eigenvalue weighted by Gasteiger charge is 2.28. The summed E-state index contributed by atoms with van der Waals surface area (Å²) in [6.07, 6.45) is 3.95. The zero-order valence-corrected chi connectivity index (χ0v) is 22.2. The minimum atomic E-state index is 0.134. The quantitative estimate of drug-likeness (QED) is 0.234. The van der Waals surface area contributed by atoms with Crippen molar-refractivity contribution >= 4 is 67.5 Å². The number of nitrogens with zero attached hydrogens (tertiary/aromatic N) is 2. The van der Waals surface area contributed by atoms with Gasteiger partial charge in [-0.1, -0.05) is 40.2 Å². The first-order chi connectivity index (χ1) is 16.1. The average Bonchev–Trinajstić information content (AvgIpc) is 3.60. The summed E-state index contributed by atoms with van der Waals surface area (Å²) in [6, 6.07) is 16.5. The molecule has 1 saturated heterocycles. The molecule has 1 aromatic carbocycles. The molecule has 0 unspecified atom stereocenters. The molecular formula is C26H23BrN2OS3. The van der Waals surface area contributed by atoms with Crippen molar-refractivity contribution in [3.8, 4) is 11.3 Å². The van der Waals surface area contributed by atoms with E-state index in [1.807, 2.05) is 39.9 Å². The molecule has 3 nitrogen and oxygen atoms in total. The first-order valence-corrected chi connectivity index (χ1v) is 14.3. The van der Waals surface area contributed by atoms with Gasteiger partial charge in [0.15, 0.2) is 0 Å². The molecule has 0 radical (unpaired) electrons. The third kappa shape index (κ3) is 5.06. The number of carbonyl (C=O) groups excluding carboxylic acids is 1. The van der Waals surface area contributed by atoms with Crippen LogP contribution in [0, 0.1) is 6.92 Å². The van der Waals surface area contributed by atoms with Crippen molar-refractivity contribution in [3.05, 3.63) is 83.4 Å². The fourth-order valence-electron chi connectivity index (χ4n) is 4.15. The van der Waals surface area contributed by atoms with Crippen molar-refractivity contribution in [3.63, 3.8) is 0 Å². The largest absolute Gasteiger partial charge is 0.339 e. The molecule has 0 saturated carbocycles. The Morgan fingerprint density at radius 2 is 1.79 bits per heavy atom. The highest BCUT2D eigenvalue weighted by atomic mass is 79.9. The van der Waals surface area contributed by atoms with Crippen LogP contribution in [0.4, 0.5) is 0 Å². The summed E-state index contributed by atoms with van der Waals surface area (Å²) in [5, 5.41) is 5.28. The van der Waals surface area contributed by atoms with Crippen molar-refractivity contribution in [1.29, 1.82) is 0 Å². The molecule has 0 N–H and O–H groups in total. The minimum absolute atomic E-state index is 0.134. The Kier molecular flexibility index (Phi) is 6.92.